The van der Waals surface area contributed by atoms with Gasteiger partial charge >= 0.3 is 0 Å². The second-order valence-electron chi connectivity index (χ2n) is 5.61. The molecule has 21 heavy (non-hydrogen) atoms. The van der Waals surface area contributed by atoms with Gasteiger partial charge in [-0.1, -0.05) is 18.3 Å². The van der Waals surface area contributed by atoms with Gasteiger partial charge in [0, 0.05) is 30.8 Å². The van der Waals surface area contributed by atoms with Crippen molar-refractivity contribution < 1.29 is 5.11 Å². The number of piperidine rings is 1. The molecule has 0 spiro atoms. The van der Waals surface area contributed by atoms with Crippen LogP contribution in [-0.4, -0.2) is 38.9 Å². The molecule has 0 radical (unpaired) electrons. The molecular formula is C14H20N4O2S. The summed E-state index contributed by atoms with van der Waals surface area (Å²) in [6, 6.07) is 1.55. The standard InChI is InChI=1S/C14H20N4O2S/c1-3-11-7-12(20)18-13(15-11)21-14(16-18)17-6-4-5-10(8-17)9(2)19/h7,9-10,19H,3-6,8H2,1-2H3. The molecule has 1 saturated heterocycles. The van der Waals surface area contributed by atoms with Crippen molar-refractivity contribution in [2.24, 2.45) is 5.92 Å². The number of aliphatic hydroxyl groups excluding tert-OH is 1. The molecular weight excluding hydrogens is 288 g/mol. The summed E-state index contributed by atoms with van der Waals surface area (Å²) in [4.78, 5) is 19.3. The lowest BCUT2D eigenvalue weighted by Crippen LogP contribution is -2.39. The lowest BCUT2D eigenvalue weighted by atomic mass is 9.94. The Morgan fingerprint density at radius 2 is 2.38 bits per heavy atom. The van der Waals surface area contributed by atoms with E-state index in [-0.39, 0.29) is 17.6 Å². The molecule has 2 aromatic heterocycles. The van der Waals surface area contributed by atoms with Crippen LogP contribution in [0.1, 0.15) is 32.4 Å². The Hall–Kier alpha value is -1.47. The molecule has 1 fully saturated rings. The molecule has 3 heterocycles. The van der Waals surface area contributed by atoms with Crippen LogP contribution in [0.5, 0.6) is 0 Å². The van der Waals surface area contributed by atoms with E-state index >= 15 is 0 Å². The van der Waals surface area contributed by atoms with Gasteiger partial charge in [0.1, 0.15) is 0 Å². The van der Waals surface area contributed by atoms with Crippen molar-refractivity contribution in [1.29, 1.82) is 0 Å². The first kappa shape index (κ1) is 14.5. The average molecular weight is 308 g/mol. The molecule has 0 aromatic carbocycles. The second kappa shape index (κ2) is 5.73. The van der Waals surface area contributed by atoms with E-state index in [0.29, 0.717) is 4.96 Å². The SMILES string of the molecule is CCc1cc(=O)n2nc(N3CCCC(C(C)O)C3)sc2n1. The lowest BCUT2D eigenvalue weighted by molar-refractivity contribution is 0.115. The Bertz CT molecular complexity index is 694. The van der Waals surface area contributed by atoms with Gasteiger partial charge in [0.25, 0.3) is 5.56 Å². The Kier molecular flexibility index (Phi) is 3.95. The van der Waals surface area contributed by atoms with Gasteiger partial charge in [-0.15, -0.1) is 5.10 Å². The summed E-state index contributed by atoms with van der Waals surface area (Å²) in [5.74, 6) is 0.265. The zero-order valence-electron chi connectivity index (χ0n) is 12.3. The van der Waals surface area contributed by atoms with Crippen LogP contribution >= 0.6 is 11.3 Å². The highest BCUT2D eigenvalue weighted by Gasteiger charge is 2.25. The van der Waals surface area contributed by atoms with Gasteiger partial charge in [-0.3, -0.25) is 4.79 Å². The van der Waals surface area contributed by atoms with Gasteiger partial charge in [-0.2, -0.15) is 4.52 Å². The predicted octanol–water partition coefficient (Wildman–Crippen LogP) is 1.31. The van der Waals surface area contributed by atoms with E-state index in [1.54, 1.807) is 6.07 Å². The minimum atomic E-state index is -0.310. The normalized spacial score (nSPS) is 20.9. The van der Waals surface area contributed by atoms with Crippen molar-refractivity contribution in [3.63, 3.8) is 0 Å². The quantitative estimate of drug-likeness (QED) is 0.926. The van der Waals surface area contributed by atoms with Gasteiger partial charge < -0.3 is 10.0 Å². The third kappa shape index (κ3) is 2.80. The largest absolute Gasteiger partial charge is 0.393 e. The van der Waals surface area contributed by atoms with Crippen LogP contribution in [0.4, 0.5) is 5.13 Å². The van der Waals surface area contributed by atoms with Crippen molar-refractivity contribution in [2.75, 3.05) is 18.0 Å². The minimum absolute atomic E-state index is 0.122. The second-order valence-corrected chi connectivity index (χ2v) is 6.54. The van der Waals surface area contributed by atoms with E-state index in [1.165, 1.54) is 15.9 Å². The molecule has 0 bridgehead atoms. The van der Waals surface area contributed by atoms with E-state index in [9.17, 15) is 9.90 Å². The zero-order chi connectivity index (χ0) is 15.0. The van der Waals surface area contributed by atoms with Crippen LogP contribution in [-0.2, 0) is 6.42 Å². The zero-order valence-corrected chi connectivity index (χ0v) is 13.1. The van der Waals surface area contributed by atoms with Crippen molar-refractivity contribution in [1.82, 2.24) is 14.6 Å². The number of nitrogens with zero attached hydrogens (tertiary/aromatic N) is 4. The first-order chi connectivity index (χ1) is 10.1. The molecule has 3 rings (SSSR count). The minimum Gasteiger partial charge on any atom is -0.393 e. The highest BCUT2D eigenvalue weighted by molar-refractivity contribution is 7.20. The Balaban J connectivity index is 1.94. The molecule has 0 aliphatic carbocycles. The Labute approximate surface area is 127 Å². The van der Waals surface area contributed by atoms with Crippen LogP contribution in [0.2, 0.25) is 0 Å². The Morgan fingerprint density at radius 3 is 3.10 bits per heavy atom. The summed E-state index contributed by atoms with van der Waals surface area (Å²) in [6.45, 7) is 5.52. The van der Waals surface area contributed by atoms with Crippen LogP contribution in [0, 0.1) is 5.92 Å². The monoisotopic (exact) mass is 308 g/mol. The number of rotatable bonds is 3. The topological polar surface area (TPSA) is 70.7 Å². The van der Waals surface area contributed by atoms with Crippen molar-refractivity contribution in [3.8, 4) is 0 Å². The maximum atomic E-state index is 12.0. The van der Waals surface area contributed by atoms with E-state index in [2.05, 4.69) is 15.0 Å². The van der Waals surface area contributed by atoms with Gasteiger partial charge in [-0.05, 0) is 26.2 Å². The number of aromatic nitrogens is 3. The van der Waals surface area contributed by atoms with Crippen LogP contribution in [0.15, 0.2) is 10.9 Å². The van der Waals surface area contributed by atoms with E-state index in [4.69, 9.17) is 0 Å². The summed E-state index contributed by atoms with van der Waals surface area (Å²) in [5.41, 5.74) is 0.680. The first-order valence-electron chi connectivity index (χ1n) is 7.41. The van der Waals surface area contributed by atoms with Crippen LogP contribution in [0.25, 0.3) is 4.96 Å². The molecule has 1 N–H and O–H groups in total. The fraction of sp³-hybridized carbons (Fsp3) is 0.643. The molecule has 6 nitrogen and oxygen atoms in total. The van der Waals surface area contributed by atoms with E-state index in [0.717, 1.165) is 43.2 Å². The summed E-state index contributed by atoms with van der Waals surface area (Å²) in [6.07, 6.45) is 2.51. The van der Waals surface area contributed by atoms with Crippen molar-refractivity contribution in [3.05, 3.63) is 22.1 Å². The number of anilines is 1. The number of fused-ring (bicyclic) bond motifs is 1. The van der Waals surface area contributed by atoms with Crippen molar-refractivity contribution >= 4 is 21.4 Å². The number of aryl methyl sites for hydroxylation is 1. The molecule has 7 heteroatoms. The molecule has 0 saturated carbocycles. The van der Waals surface area contributed by atoms with Gasteiger partial charge in [0.2, 0.25) is 10.1 Å². The van der Waals surface area contributed by atoms with E-state index in [1.807, 2.05) is 13.8 Å². The number of aliphatic hydroxyl groups is 1. The lowest BCUT2D eigenvalue weighted by Gasteiger charge is -2.33. The molecule has 114 valence electrons. The molecule has 1 aliphatic heterocycles. The van der Waals surface area contributed by atoms with Crippen molar-refractivity contribution in [2.45, 2.75) is 39.2 Å². The fourth-order valence-corrected chi connectivity index (χ4v) is 3.69. The third-order valence-electron chi connectivity index (χ3n) is 4.06. The van der Waals surface area contributed by atoms with Crippen LogP contribution < -0.4 is 10.5 Å². The summed E-state index contributed by atoms with van der Waals surface area (Å²) in [5, 5.41) is 15.0. The molecule has 2 unspecified atom stereocenters. The summed E-state index contributed by atoms with van der Waals surface area (Å²) < 4.78 is 1.38. The van der Waals surface area contributed by atoms with Crippen LogP contribution in [0.3, 0.4) is 0 Å². The molecule has 0 amide bonds. The third-order valence-corrected chi connectivity index (χ3v) is 5.03. The molecule has 1 aliphatic rings. The van der Waals surface area contributed by atoms with Gasteiger partial charge in [-0.25, -0.2) is 4.98 Å². The smallest absolute Gasteiger partial charge is 0.275 e. The predicted molar refractivity (Wildman–Crippen MR) is 83.1 cm³/mol. The molecule has 2 atom stereocenters. The summed E-state index contributed by atoms with van der Waals surface area (Å²) in [7, 11) is 0. The van der Waals surface area contributed by atoms with Gasteiger partial charge in [0.05, 0.1) is 6.10 Å². The Morgan fingerprint density at radius 1 is 1.57 bits per heavy atom. The van der Waals surface area contributed by atoms with Gasteiger partial charge in [0.15, 0.2) is 0 Å². The van der Waals surface area contributed by atoms with E-state index < -0.39 is 0 Å². The number of hydrogen-bond acceptors (Lipinski definition) is 6. The average Bonchev–Trinajstić information content (AvgIpc) is 2.92. The summed E-state index contributed by atoms with van der Waals surface area (Å²) >= 11 is 1.45. The highest BCUT2D eigenvalue weighted by Crippen LogP contribution is 2.28. The maximum absolute atomic E-state index is 12.0. The highest BCUT2D eigenvalue weighted by atomic mass is 32.1. The fourth-order valence-electron chi connectivity index (χ4n) is 2.73. The molecule has 2 aromatic rings. The first-order valence-corrected chi connectivity index (χ1v) is 8.23. The number of hydrogen-bond donors (Lipinski definition) is 1. The maximum Gasteiger partial charge on any atom is 0.275 e.